The Morgan fingerprint density at radius 3 is 2.80 bits per heavy atom. The van der Waals surface area contributed by atoms with E-state index in [1.165, 1.54) is 30.7 Å². The highest BCUT2D eigenvalue weighted by atomic mass is 32.2. The van der Waals surface area contributed by atoms with Gasteiger partial charge in [0.05, 0.1) is 6.10 Å². The Labute approximate surface area is 93.7 Å². The van der Waals surface area contributed by atoms with E-state index in [1.807, 2.05) is 6.07 Å². The summed E-state index contributed by atoms with van der Waals surface area (Å²) >= 11 is 1.40. The van der Waals surface area contributed by atoms with Crippen molar-refractivity contribution in [1.82, 2.24) is 0 Å². The summed E-state index contributed by atoms with van der Waals surface area (Å²) in [7, 11) is 0. The zero-order valence-electron chi connectivity index (χ0n) is 8.53. The molecule has 0 aliphatic heterocycles. The fraction of sp³-hybridized carbons (Fsp3) is 0.500. The van der Waals surface area contributed by atoms with Gasteiger partial charge in [-0.05, 0) is 24.5 Å². The third kappa shape index (κ3) is 3.50. The maximum atomic E-state index is 13.2. The van der Waals surface area contributed by atoms with Crippen LogP contribution in [0, 0.1) is 11.7 Å². The molecule has 1 aromatic rings. The van der Waals surface area contributed by atoms with Crippen LogP contribution in [0.3, 0.4) is 0 Å². The molecule has 1 aliphatic carbocycles. The van der Waals surface area contributed by atoms with Gasteiger partial charge in [-0.1, -0.05) is 25.0 Å². The predicted octanol–water partition coefficient (Wildman–Crippen LogP) is 3.08. The molecule has 1 N–H and O–H groups in total. The lowest BCUT2D eigenvalue weighted by Gasteiger charge is -2.09. The van der Waals surface area contributed by atoms with Crippen LogP contribution in [-0.2, 0) is 0 Å². The molecular formula is C12H15FOS. The van der Waals surface area contributed by atoms with Crippen molar-refractivity contribution in [2.24, 2.45) is 5.92 Å². The first kappa shape index (κ1) is 11.0. The van der Waals surface area contributed by atoms with Crippen LogP contribution in [-0.4, -0.2) is 17.0 Å². The summed E-state index contributed by atoms with van der Waals surface area (Å²) in [5, 5.41) is 9.67. The van der Waals surface area contributed by atoms with Gasteiger partial charge in [-0.3, -0.25) is 0 Å². The first-order chi connectivity index (χ1) is 7.25. The molecule has 1 unspecified atom stereocenters. The predicted molar refractivity (Wildman–Crippen MR) is 60.5 cm³/mol. The highest BCUT2D eigenvalue weighted by molar-refractivity contribution is 7.99. The Kier molecular flexibility index (Phi) is 3.65. The van der Waals surface area contributed by atoms with E-state index in [4.69, 9.17) is 0 Å². The highest BCUT2D eigenvalue weighted by Gasteiger charge is 2.24. The van der Waals surface area contributed by atoms with E-state index in [2.05, 4.69) is 0 Å². The second kappa shape index (κ2) is 4.99. The lowest BCUT2D eigenvalue weighted by atomic mass is 10.2. The van der Waals surface area contributed by atoms with Gasteiger partial charge in [-0.2, -0.15) is 0 Å². The van der Waals surface area contributed by atoms with Crippen LogP contribution in [0.15, 0.2) is 29.2 Å². The number of benzene rings is 1. The average Bonchev–Trinajstić information content (AvgIpc) is 3.00. The molecule has 1 aromatic carbocycles. The summed E-state index contributed by atoms with van der Waals surface area (Å²) in [6.07, 6.45) is 3.09. The van der Waals surface area contributed by atoms with E-state index in [9.17, 15) is 9.50 Å². The number of thioether (sulfide) groups is 1. The van der Waals surface area contributed by atoms with Crippen molar-refractivity contribution < 1.29 is 9.50 Å². The van der Waals surface area contributed by atoms with Crippen molar-refractivity contribution >= 4 is 11.8 Å². The standard InChI is InChI=1S/C12H15FOS/c13-11-3-1-2-4-12(11)15-8-10(14)7-9-5-6-9/h1-4,9-10,14H,5-8H2. The van der Waals surface area contributed by atoms with Gasteiger partial charge in [0, 0.05) is 10.6 Å². The molecule has 0 saturated heterocycles. The van der Waals surface area contributed by atoms with Gasteiger partial charge in [-0.15, -0.1) is 11.8 Å². The molecule has 1 atom stereocenters. The SMILES string of the molecule is OC(CSc1ccccc1F)CC1CC1. The zero-order valence-corrected chi connectivity index (χ0v) is 9.34. The Bertz CT molecular complexity index is 325. The molecule has 0 amide bonds. The number of aliphatic hydroxyl groups is 1. The molecule has 0 heterocycles. The molecule has 15 heavy (non-hydrogen) atoms. The topological polar surface area (TPSA) is 20.2 Å². The van der Waals surface area contributed by atoms with Crippen LogP contribution >= 0.6 is 11.8 Å². The van der Waals surface area contributed by atoms with Crippen molar-refractivity contribution in [3.63, 3.8) is 0 Å². The van der Waals surface area contributed by atoms with Crippen molar-refractivity contribution in [2.75, 3.05) is 5.75 Å². The molecular weight excluding hydrogens is 211 g/mol. The quantitative estimate of drug-likeness (QED) is 0.779. The van der Waals surface area contributed by atoms with Gasteiger partial charge in [0.2, 0.25) is 0 Å². The van der Waals surface area contributed by atoms with Crippen molar-refractivity contribution in [1.29, 1.82) is 0 Å². The van der Waals surface area contributed by atoms with Crippen LogP contribution in [0.4, 0.5) is 4.39 Å². The van der Waals surface area contributed by atoms with Crippen LogP contribution in [0.2, 0.25) is 0 Å². The maximum absolute atomic E-state index is 13.2. The van der Waals surface area contributed by atoms with Gasteiger partial charge in [0.25, 0.3) is 0 Å². The van der Waals surface area contributed by atoms with E-state index in [1.54, 1.807) is 12.1 Å². The number of hydrogen-bond donors (Lipinski definition) is 1. The van der Waals surface area contributed by atoms with E-state index >= 15 is 0 Å². The summed E-state index contributed by atoms with van der Waals surface area (Å²) < 4.78 is 13.2. The lowest BCUT2D eigenvalue weighted by molar-refractivity contribution is 0.182. The molecule has 0 aromatic heterocycles. The van der Waals surface area contributed by atoms with Crippen molar-refractivity contribution in [2.45, 2.75) is 30.3 Å². The summed E-state index contributed by atoms with van der Waals surface area (Å²) in [4.78, 5) is 0.632. The van der Waals surface area contributed by atoms with Gasteiger partial charge >= 0.3 is 0 Å². The first-order valence-electron chi connectivity index (χ1n) is 5.31. The van der Waals surface area contributed by atoms with Crippen LogP contribution in [0.5, 0.6) is 0 Å². The molecule has 1 aliphatic rings. The Balaban J connectivity index is 1.78. The second-order valence-electron chi connectivity index (χ2n) is 4.07. The van der Waals surface area contributed by atoms with Crippen molar-refractivity contribution in [3.8, 4) is 0 Å². The largest absolute Gasteiger partial charge is 0.392 e. The second-order valence-corrected chi connectivity index (χ2v) is 5.14. The van der Waals surface area contributed by atoms with Gasteiger partial charge in [-0.25, -0.2) is 4.39 Å². The Morgan fingerprint density at radius 1 is 1.40 bits per heavy atom. The minimum atomic E-state index is -0.290. The number of aliphatic hydroxyl groups excluding tert-OH is 1. The minimum absolute atomic E-state index is 0.193. The molecule has 2 rings (SSSR count). The highest BCUT2D eigenvalue weighted by Crippen LogP contribution is 2.34. The van der Waals surface area contributed by atoms with Crippen LogP contribution in [0.1, 0.15) is 19.3 Å². The van der Waals surface area contributed by atoms with Crippen LogP contribution in [0.25, 0.3) is 0 Å². The summed E-state index contributed by atoms with van der Waals surface area (Å²) in [6.45, 7) is 0. The fourth-order valence-corrected chi connectivity index (χ4v) is 2.44. The van der Waals surface area contributed by atoms with Crippen LogP contribution < -0.4 is 0 Å². The van der Waals surface area contributed by atoms with E-state index < -0.39 is 0 Å². The molecule has 1 saturated carbocycles. The van der Waals surface area contributed by atoms with E-state index in [-0.39, 0.29) is 11.9 Å². The first-order valence-corrected chi connectivity index (χ1v) is 6.29. The summed E-state index contributed by atoms with van der Waals surface area (Å²) in [5.41, 5.74) is 0. The van der Waals surface area contributed by atoms with E-state index in [0.29, 0.717) is 10.6 Å². The molecule has 3 heteroatoms. The van der Waals surface area contributed by atoms with E-state index in [0.717, 1.165) is 12.3 Å². The third-order valence-corrected chi connectivity index (χ3v) is 3.76. The molecule has 0 bridgehead atoms. The molecule has 0 spiro atoms. The zero-order chi connectivity index (χ0) is 10.7. The van der Waals surface area contributed by atoms with Gasteiger partial charge in [0.1, 0.15) is 5.82 Å². The Hall–Kier alpha value is -0.540. The van der Waals surface area contributed by atoms with Crippen molar-refractivity contribution in [3.05, 3.63) is 30.1 Å². The normalized spacial score (nSPS) is 17.7. The lowest BCUT2D eigenvalue weighted by Crippen LogP contribution is -2.10. The van der Waals surface area contributed by atoms with Gasteiger partial charge < -0.3 is 5.11 Å². The average molecular weight is 226 g/mol. The maximum Gasteiger partial charge on any atom is 0.136 e. The minimum Gasteiger partial charge on any atom is -0.392 e. The number of hydrogen-bond acceptors (Lipinski definition) is 2. The number of halogens is 1. The number of rotatable bonds is 5. The molecule has 0 radical (unpaired) electrons. The summed E-state index contributed by atoms with van der Waals surface area (Å²) in [5.74, 6) is 1.12. The summed E-state index contributed by atoms with van der Waals surface area (Å²) in [6, 6.07) is 6.71. The third-order valence-electron chi connectivity index (χ3n) is 2.57. The van der Waals surface area contributed by atoms with Gasteiger partial charge in [0.15, 0.2) is 0 Å². The fourth-order valence-electron chi connectivity index (χ4n) is 1.55. The molecule has 82 valence electrons. The monoisotopic (exact) mass is 226 g/mol. The molecule has 1 nitrogen and oxygen atoms in total. The Morgan fingerprint density at radius 2 is 2.13 bits per heavy atom. The smallest absolute Gasteiger partial charge is 0.136 e. The molecule has 1 fully saturated rings.